The average Bonchev–Trinajstić information content (AvgIpc) is 2.45. The van der Waals surface area contributed by atoms with Crippen LogP contribution in [0.1, 0.15) is 24.8 Å². The summed E-state index contributed by atoms with van der Waals surface area (Å²) in [6.45, 7) is 3.39. The lowest BCUT2D eigenvalue weighted by molar-refractivity contribution is 0.384. The van der Waals surface area contributed by atoms with Crippen LogP contribution in [0.25, 0.3) is 0 Å². The molecular weight excluding hydrogens is 240 g/mol. The molecule has 1 atom stereocenters. The SMILES string of the molecule is CSc1ccc(CCNCC2CCCCN2)cc1. The minimum absolute atomic E-state index is 0.692. The maximum atomic E-state index is 3.57. The number of piperidine rings is 1. The van der Waals surface area contributed by atoms with E-state index in [2.05, 4.69) is 41.2 Å². The van der Waals surface area contributed by atoms with Gasteiger partial charge in [-0.1, -0.05) is 18.6 Å². The van der Waals surface area contributed by atoms with Crippen LogP contribution in [-0.2, 0) is 6.42 Å². The van der Waals surface area contributed by atoms with Crippen molar-refractivity contribution in [2.45, 2.75) is 36.6 Å². The summed E-state index contributed by atoms with van der Waals surface area (Å²) in [7, 11) is 0. The van der Waals surface area contributed by atoms with Crippen molar-refractivity contribution in [3.8, 4) is 0 Å². The van der Waals surface area contributed by atoms with E-state index in [0.29, 0.717) is 6.04 Å². The highest BCUT2D eigenvalue weighted by Crippen LogP contribution is 2.14. The molecule has 100 valence electrons. The van der Waals surface area contributed by atoms with Crippen molar-refractivity contribution >= 4 is 11.8 Å². The highest BCUT2D eigenvalue weighted by molar-refractivity contribution is 7.98. The van der Waals surface area contributed by atoms with Gasteiger partial charge in [0.15, 0.2) is 0 Å². The smallest absolute Gasteiger partial charge is 0.0192 e. The Hall–Kier alpha value is -0.510. The molecule has 1 aliphatic rings. The van der Waals surface area contributed by atoms with Crippen LogP contribution in [-0.4, -0.2) is 31.9 Å². The van der Waals surface area contributed by atoms with Gasteiger partial charge in [-0.25, -0.2) is 0 Å². The van der Waals surface area contributed by atoms with Crippen LogP contribution in [0.2, 0.25) is 0 Å². The Bertz CT molecular complexity index is 331. The maximum Gasteiger partial charge on any atom is 0.0192 e. The number of thioether (sulfide) groups is 1. The van der Waals surface area contributed by atoms with Crippen molar-refractivity contribution in [2.24, 2.45) is 0 Å². The van der Waals surface area contributed by atoms with E-state index < -0.39 is 0 Å². The molecule has 2 nitrogen and oxygen atoms in total. The molecule has 1 saturated heterocycles. The standard InChI is InChI=1S/C15H24N2S/c1-18-15-7-5-13(6-8-15)9-11-16-12-14-4-2-3-10-17-14/h5-8,14,16-17H,2-4,9-12H2,1H3. The molecule has 1 fully saturated rings. The molecule has 1 heterocycles. The van der Waals surface area contributed by atoms with Crippen LogP contribution in [0.4, 0.5) is 0 Å². The van der Waals surface area contributed by atoms with Gasteiger partial charge in [0.2, 0.25) is 0 Å². The van der Waals surface area contributed by atoms with Crippen LogP contribution in [0.3, 0.4) is 0 Å². The van der Waals surface area contributed by atoms with Crippen molar-refractivity contribution in [2.75, 3.05) is 25.9 Å². The lowest BCUT2D eigenvalue weighted by atomic mass is 10.1. The van der Waals surface area contributed by atoms with Crippen LogP contribution in [0.5, 0.6) is 0 Å². The van der Waals surface area contributed by atoms with Crippen LogP contribution >= 0.6 is 11.8 Å². The highest BCUT2D eigenvalue weighted by Gasteiger charge is 2.10. The third-order valence-corrected chi connectivity index (χ3v) is 4.30. The zero-order valence-corrected chi connectivity index (χ0v) is 12.1. The summed E-state index contributed by atoms with van der Waals surface area (Å²) < 4.78 is 0. The summed E-state index contributed by atoms with van der Waals surface area (Å²) in [5.41, 5.74) is 1.43. The van der Waals surface area contributed by atoms with Crippen molar-refractivity contribution in [1.82, 2.24) is 10.6 Å². The molecule has 0 aromatic heterocycles. The summed E-state index contributed by atoms with van der Waals surface area (Å²) >= 11 is 1.80. The van der Waals surface area contributed by atoms with E-state index >= 15 is 0 Å². The largest absolute Gasteiger partial charge is 0.315 e. The fourth-order valence-electron chi connectivity index (χ4n) is 2.40. The van der Waals surface area contributed by atoms with E-state index in [1.165, 1.54) is 36.3 Å². The van der Waals surface area contributed by atoms with Crippen molar-refractivity contribution in [1.29, 1.82) is 0 Å². The summed E-state index contributed by atoms with van der Waals surface area (Å²) in [6, 6.07) is 9.60. The predicted octanol–water partition coefficient (Wildman–Crippen LogP) is 2.68. The molecule has 1 unspecified atom stereocenters. The summed E-state index contributed by atoms with van der Waals surface area (Å²) in [5, 5.41) is 7.13. The van der Waals surface area contributed by atoms with E-state index in [0.717, 1.165) is 19.5 Å². The molecule has 1 aromatic carbocycles. The highest BCUT2D eigenvalue weighted by atomic mass is 32.2. The Balaban J connectivity index is 1.62. The average molecular weight is 264 g/mol. The number of hydrogen-bond donors (Lipinski definition) is 2. The topological polar surface area (TPSA) is 24.1 Å². The van der Waals surface area contributed by atoms with Crippen LogP contribution < -0.4 is 10.6 Å². The molecule has 18 heavy (non-hydrogen) atoms. The van der Waals surface area contributed by atoms with Gasteiger partial charge in [-0.15, -0.1) is 11.8 Å². The molecule has 1 aliphatic heterocycles. The Labute approximate surface area is 115 Å². The molecule has 0 amide bonds. The monoisotopic (exact) mass is 264 g/mol. The fourth-order valence-corrected chi connectivity index (χ4v) is 2.81. The third-order valence-electron chi connectivity index (χ3n) is 3.55. The Morgan fingerprint density at radius 3 is 2.78 bits per heavy atom. The lowest BCUT2D eigenvalue weighted by Gasteiger charge is -2.23. The van der Waals surface area contributed by atoms with Crippen molar-refractivity contribution in [3.63, 3.8) is 0 Å². The van der Waals surface area contributed by atoms with E-state index in [-0.39, 0.29) is 0 Å². The number of rotatable bonds is 6. The number of nitrogens with one attached hydrogen (secondary N) is 2. The zero-order valence-electron chi connectivity index (χ0n) is 11.2. The van der Waals surface area contributed by atoms with Gasteiger partial charge < -0.3 is 10.6 Å². The first kappa shape index (κ1) is 13.9. The molecule has 0 aliphatic carbocycles. The predicted molar refractivity (Wildman–Crippen MR) is 80.4 cm³/mol. The van der Waals surface area contributed by atoms with Gasteiger partial charge >= 0.3 is 0 Å². The molecule has 3 heteroatoms. The quantitative estimate of drug-likeness (QED) is 0.610. The summed E-state index contributed by atoms with van der Waals surface area (Å²) in [5.74, 6) is 0. The van der Waals surface area contributed by atoms with Gasteiger partial charge in [0.05, 0.1) is 0 Å². The molecule has 2 N–H and O–H groups in total. The zero-order chi connectivity index (χ0) is 12.6. The second kappa shape index (κ2) is 7.82. The molecule has 0 bridgehead atoms. The first-order valence-corrected chi connectivity index (χ1v) is 8.18. The maximum absolute atomic E-state index is 3.57. The van der Waals surface area contributed by atoms with E-state index in [1.54, 1.807) is 11.8 Å². The third kappa shape index (κ3) is 4.63. The first-order valence-electron chi connectivity index (χ1n) is 6.95. The second-order valence-electron chi connectivity index (χ2n) is 4.95. The van der Waals surface area contributed by atoms with Crippen LogP contribution in [0, 0.1) is 0 Å². The van der Waals surface area contributed by atoms with Gasteiger partial charge in [0.1, 0.15) is 0 Å². The molecule has 0 saturated carbocycles. The normalized spacial score (nSPS) is 19.9. The Kier molecular flexibility index (Phi) is 6.05. The summed E-state index contributed by atoms with van der Waals surface area (Å²) in [4.78, 5) is 1.35. The lowest BCUT2D eigenvalue weighted by Crippen LogP contribution is -2.42. The fraction of sp³-hybridized carbons (Fsp3) is 0.600. The summed E-state index contributed by atoms with van der Waals surface area (Å²) in [6.07, 6.45) is 7.30. The van der Waals surface area contributed by atoms with Gasteiger partial charge in [-0.3, -0.25) is 0 Å². The van der Waals surface area contributed by atoms with Gasteiger partial charge in [0.25, 0.3) is 0 Å². The van der Waals surface area contributed by atoms with E-state index in [9.17, 15) is 0 Å². The minimum atomic E-state index is 0.692. The second-order valence-corrected chi connectivity index (χ2v) is 5.83. The minimum Gasteiger partial charge on any atom is -0.315 e. The Morgan fingerprint density at radius 1 is 1.28 bits per heavy atom. The van der Waals surface area contributed by atoms with Gasteiger partial charge in [-0.2, -0.15) is 0 Å². The number of hydrogen-bond acceptors (Lipinski definition) is 3. The van der Waals surface area contributed by atoms with Crippen LogP contribution in [0.15, 0.2) is 29.2 Å². The molecular formula is C15H24N2S. The van der Waals surface area contributed by atoms with Gasteiger partial charge in [0, 0.05) is 17.5 Å². The molecule has 1 aromatic rings. The molecule has 0 radical (unpaired) electrons. The molecule has 0 spiro atoms. The first-order chi connectivity index (χ1) is 8.88. The van der Waals surface area contributed by atoms with Gasteiger partial charge in [-0.05, 0) is 56.3 Å². The van der Waals surface area contributed by atoms with Crippen molar-refractivity contribution in [3.05, 3.63) is 29.8 Å². The number of benzene rings is 1. The van der Waals surface area contributed by atoms with Crippen molar-refractivity contribution < 1.29 is 0 Å². The Morgan fingerprint density at radius 2 is 2.11 bits per heavy atom. The molecule has 2 rings (SSSR count). The van der Waals surface area contributed by atoms with E-state index in [4.69, 9.17) is 0 Å². The van der Waals surface area contributed by atoms with E-state index in [1.807, 2.05) is 0 Å².